The first-order chi connectivity index (χ1) is 6.19. The van der Waals surface area contributed by atoms with E-state index in [1.807, 2.05) is 0 Å². The molecule has 0 aromatic carbocycles. The van der Waals surface area contributed by atoms with Crippen LogP contribution in [0.4, 0.5) is 4.79 Å². The van der Waals surface area contributed by atoms with Crippen molar-refractivity contribution in [2.24, 2.45) is 11.7 Å². The number of urea groups is 1. The molecule has 1 aliphatic carbocycles. The predicted molar refractivity (Wildman–Crippen MR) is 45.8 cm³/mol. The molecule has 5 nitrogen and oxygen atoms in total. The number of imide groups is 1. The minimum Gasteiger partial charge on any atom is -0.330 e. The Morgan fingerprint density at radius 1 is 1.54 bits per heavy atom. The molecule has 13 heavy (non-hydrogen) atoms. The van der Waals surface area contributed by atoms with E-state index < -0.39 is 5.54 Å². The summed E-state index contributed by atoms with van der Waals surface area (Å²) < 4.78 is 0. The van der Waals surface area contributed by atoms with Gasteiger partial charge in [-0.15, -0.1) is 0 Å². The first-order valence-electron chi connectivity index (χ1n) is 4.53. The molecule has 2 aliphatic rings. The van der Waals surface area contributed by atoms with Crippen LogP contribution in [0.3, 0.4) is 0 Å². The maximum Gasteiger partial charge on any atom is 0.322 e. The Morgan fingerprint density at radius 3 is 2.85 bits per heavy atom. The van der Waals surface area contributed by atoms with Crippen LogP contribution in [0, 0.1) is 5.92 Å². The highest BCUT2D eigenvalue weighted by Gasteiger charge is 2.53. The number of nitrogens with two attached hydrogens (primary N) is 1. The van der Waals surface area contributed by atoms with Crippen LogP contribution < -0.4 is 16.4 Å². The lowest BCUT2D eigenvalue weighted by molar-refractivity contribution is -0.125. The van der Waals surface area contributed by atoms with Gasteiger partial charge in [-0.1, -0.05) is 6.42 Å². The molecule has 1 aliphatic heterocycles. The van der Waals surface area contributed by atoms with Crippen LogP contribution in [0.2, 0.25) is 0 Å². The average Bonchev–Trinajstić information content (AvgIpc) is 2.59. The lowest BCUT2D eigenvalue weighted by Gasteiger charge is -2.26. The van der Waals surface area contributed by atoms with Crippen LogP contribution in [0.15, 0.2) is 0 Å². The normalized spacial score (nSPS) is 38.1. The number of amides is 3. The fourth-order valence-electron chi connectivity index (χ4n) is 2.37. The van der Waals surface area contributed by atoms with Crippen molar-refractivity contribution < 1.29 is 9.59 Å². The smallest absolute Gasteiger partial charge is 0.322 e. The summed E-state index contributed by atoms with van der Waals surface area (Å²) in [5, 5.41) is 4.97. The summed E-state index contributed by atoms with van der Waals surface area (Å²) in [6.07, 6.45) is 2.59. The van der Waals surface area contributed by atoms with E-state index in [9.17, 15) is 9.59 Å². The SMILES string of the molecule is NC[C@@H]1CCC[C@@]12NC(=O)NC2=O. The maximum atomic E-state index is 11.5. The van der Waals surface area contributed by atoms with Crippen LogP contribution in [0.1, 0.15) is 19.3 Å². The fourth-order valence-corrected chi connectivity index (χ4v) is 2.37. The second-order valence-corrected chi connectivity index (χ2v) is 3.70. The zero-order chi connectivity index (χ0) is 9.47. The Kier molecular flexibility index (Phi) is 1.76. The van der Waals surface area contributed by atoms with Crippen molar-refractivity contribution in [1.29, 1.82) is 0 Å². The molecule has 4 N–H and O–H groups in total. The van der Waals surface area contributed by atoms with Crippen LogP contribution in [0.5, 0.6) is 0 Å². The van der Waals surface area contributed by atoms with Crippen molar-refractivity contribution in [2.75, 3.05) is 6.54 Å². The third-order valence-corrected chi connectivity index (χ3v) is 3.07. The third kappa shape index (κ3) is 1.03. The molecule has 1 saturated carbocycles. The van der Waals surface area contributed by atoms with Crippen LogP contribution in [0.25, 0.3) is 0 Å². The van der Waals surface area contributed by atoms with Gasteiger partial charge in [0.1, 0.15) is 5.54 Å². The molecule has 72 valence electrons. The zero-order valence-corrected chi connectivity index (χ0v) is 7.30. The van der Waals surface area contributed by atoms with Gasteiger partial charge in [0.05, 0.1) is 0 Å². The van der Waals surface area contributed by atoms with Crippen molar-refractivity contribution >= 4 is 11.9 Å². The summed E-state index contributed by atoms with van der Waals surface area (Å²) >= 11 is 0. The topological polar surface area (TPSA) is 84.2 Å². The molecule has 0 aromatic heterocycles. The van der Waals surface area contributed by atoms with E-state index in [0.29, 0.717) is 13.0 Å². The molecule has 2 fully saturated rings. The van der Waals surface area contributed by atoms with Crippen LogP contribution in [-0.2, 0) is 4.79 Å². The molecule has 0 aromatic rings. The van der Waals surface area contributed by atoms with Gasteiger partial charge in [-0.25, -0.2) is 4.79 Å². The predicted octanol–water partition coefficient (Wildman–Crippen LogP) is -0.677. The molecule has 0 unspecified atom stereocenters. The summed E-state index contributed by atoms with van der Waals surface area (Å²) in [6.45, 7) is 0.452. The fraction of sp³-hybridized carbons (Fsp3) is 0.750. The molecule has 0 radical (unpaired) electrons. The first kappa shape index (κ1) is 8.50. The van der Waals surface area contributed by atoms with E-state index in [2.05, 4.69) is 10.6 Å². The first-order valence-corrected chi connectivity index (χ1v) is 4.53. The van der Waals surface area contributed by atoms with Gasteiger partial charge in [-0.2, -0.15) is 0 Å². The summed E-state index contributed by atoms with van der Waals surface area (Å²) in [7, 11) is 0. The molecule has 5 heteroatoms. The summed E-state index contributed by atoms with van der Waals surface area (Å²) in [6, 6.07) is -0.384. The second kappa shape index (κ2) is 2.70. The Hall–Kier alpha value is -1.10. The van der Waals surface area contributed by atoms with Gasteiger partial charge in [0.2, 0.25) is 0 Å². The van der Waals surface area contributed by atoms with E-state index >= 15 is 0 Å². The van der Waals surface area contributed by atoms with Crippen molar-refractivity contribution in [3.8, 4) is 0 Å². The minimum atomic E-state index is -0.689. The zero-order valence-electron chi connectivity index (χ0n) is 7.30. The highest BCUT2D eigenvalue weighted by molar-refractivity contribution is 6.07. The van der Waals surface area contributed by atoms with E-state index in [0.717, 1.165) is 12.8 Å². The molecule has 0 bridgehead atoms. The highest BCUT2D eigenvalue weighted by Crippen LogP contribution is 2.36. The maximum absolute atomic E-state index is 11.5. The molecule has 2 atom stereocenters. The van der Waals surface area contributed by atoms with Crippen molar-refractivity contribution in [3.05, 3.63) is 0 Å². The molecule has 1 spiro atoms. The minimum absolute atomic E-state index is 0.0962. The van der Waals surface area contributed by atoms with Gasteiger partial charge in [0.25, 0.3) is 5.91 Å². The second-order valence-electron chi connectivity index (χ2n) is 3.70. The standard InChI is InChI=1S/C8H13N3O2/c9-4-5-2-1-3-8(5)6(12)10-7(13)11-8/h5H,1-4,9H2,(H2,10,11,12,13)/t5-,8+/m0/s1. The number of carbonyl (C=O) groups is 2. The third-order valence-electron chi connectivity index (χ3n) is 3.07. The largest absolute Gasteiger partial charge is 0.330 e. The van der Waals surface area contributed by atoms with Crippen LogP contribution in [-0.4, -0.2) is 24.0 Å². The van der Waals surface area contributed by atoms with Gasteiger partial charge in [0.15, 0.2) is 0 Å². The average molecular weight is 183 g/mol. The Bertz CT molecular complexity index is 266. The number of hydrogen-bond acceptors (Lipinski definition) is 3. The van der Waals surface area contributed by atoms with E-state index in [1.54, 1.807) is 0 Å². The van der Waals surface area contributed by atoms with Crippen LogP contribution >= 0.6 is 0 Å². The van der Waals surface area contributed by atoms with Gasteiger partial charge in [-0.05, 0) is 19.4 Å². The van der Waals surface area contributed by atoms with Gasteiger partial charge in [-0.3, -0.25) is 10.1 Å². The van der Waals surface area contributed by atoms with Crippen molar-refractivity contribution in [1.82, 2.24) is 10.6 Å². The lowest BCUT2D eigenvalue weighted by atomic mass is 9.87. The Morgan fingerprint density at radius 2 is 2.31 bits per heavy atom. The van der Waals surface area contributed by atoms with E-state index in [1.165, 1.54) is 0 Å². The monoisotopic (exact) mass is 183 g/mol. The quantitative estimate of drug-likeness (QED) is 0.471. The Balaban J connectivity index is 2.28. The molecule has 3 amide bonds. The highest BCUT2D eigenvalue weighted by atomic mass is 16.2. The summed E-state index contributed by atoms with van der Waals surface area (Å²) in [5.74, 6) is -0.107. The molecule has 1 saturated heterocycles. The molecule has 1 heterocycles. The number of hydrogen-bond donors (Lipinski definition) is 3. The van der Waals surface area contributed by atoms with E-state index in [4.69, 9.17) is 5.73 Å². The van der Waals surface area contributed by atoms with Crippen molar-refractivity contribution in [2.45, 2.75) is 24.8 Å². The van der Waals surface area contributed by atoms with Gasteiger partial charge >= 0.3 is 6.03 Å². The van der Waals surface area contributed by atoms with E-state index in [-0.39, 0.29) is 17.9 Å². The van der Waals surface area contributed by atoms with Crippen molar-refractivity contribution in [3.63, 3.8) is 0 Å². The van der Waals surface area contributed by atoms with Gasteiger partial charge in [0, 0.05) is 5.92 Å². The molecular weight excluding hydrogens is 170 g/mol. The number of rotatable bonds is 1. The lowest BCUT2D eigenvalue weighted by Crippen LogP contribution is -2.52. The number of carbonyl (C=O) groups excluding carboxylic acids is 2. The molecular formula is C8H13N3O2. The number of nitrogens with one attached hydrogen (secondary N) is 2. The summed E-state index contributed by atoms with van der Waals surface area (Å²) in [5.41, 5.74) is 4.88. The summed E-state index contributed by atoms with van der Waals surface area (Å²) in [4.78, 5) is 22.5. The molecule has 2 rings (SSSR count). The van der Waals surface area contributed by atoms with Gasteiger partial charge < -0.3 is 11.1 Å². The Labute approximate surface area is 76.0 Å².